The van der Waals surface area contributed by atoms with Gasteiger partial charge in [0.05, 0.1) is 0 Å². The van der Waals surface area contributed by atoms with Gasteiger partial charge in [0.2, 0.25) is 0 Å². The van der Waals surface area contributed by atoms with Crippen LogP contribution in [0, 0.1) is 0 Å². The van der Waals surface area contributed by atoms with Gasteiger partial charge in [-0.25, -0.2) is 0 Å². The molecular weight excluding hydrogens is 520 g/mol. The summed E-state index contributed by atoms with van der Waals surface area (Å²) in [6.45, 7) is 3.50. The number of hydrogen-bond acceptors (Lipinski definition) is 2. The molecule has 0 bridgehead atoms. The fourth-order valence-electron chi connectivity index (χ4n) is 5.58. The molecule has 0 aromatic heterocycles. The van der Waals surface area contributed by atoms with Gasteiger partial charge in [-0.1, -0.05) is 146 Å². The molecule has 0 spiro atoms. The molecule has 0 aliphatic rings. The predicted molar refractivity (Wildman–Crippen MR) is 181 cm³/mol. The van der Waals surface area contributed by atoms with Crippen LogP contribution in [0.2, 0.25) is 0 Å². The van der Waals surface area contributed by atoms with Gasteiger partial charge in [0.15, 0.2) is 0 Å². The first-order chi connectivity index (χ1) is 21.3. The minimum Gasteiger partial charge on any atom is -0.363 e. The van der Waals surface area contributed by atoms with Crippen LogP contribution >= 0.6 is 0 Å². The zero-order valence-corrected chi connectivity index (χ0v) is 24.6. The van der Waals surface area contributed by atoms with E-state index in [2.05, 4.69) is 180 Å². The largest absolute Gasteiger partial charge is 0.363 e. The monoisotopic (exact) mass is 558 g/mol. The summed E-state index contributed by atoms with van der Waals surface area (Å²) in [5.41, 5.74) is 10.4. The predicted octanol–water partition coefficient (Wildman–Crippen LogP) is 9.69. The summed E-state index contributed by atoms with van der Waals surface area (Å²) < 4.78 is 0. The molecule has 0 aliphatic heterocycles. The van der Waals surface area contributed by atoms with Crippen molar-refractivity contribution in [1.29, 1.82) is 0 Å². The van der Waals surface area contributed by atoms with Crippen LogP contribution < -0.4 is 9.80 Å². The molecule has 0 radical (unpaired) electrons. The van der Waals surface area contributed by atoms with Crippen LogP contribution in [0.25, 0.3) is 0 Å². The van der Waals surface area contributed by atoms with Gasteiger partial charge in [0.25, 0.3) is 0 Å². The molecule has 212 valence electrons. The topological polar surface area (TPSA) is 6.48 Å². The number of anilines is 2. The van der Waals surface area contributed by atoms with Crippen LogP contribution in [0.15, 0.2) is 170 Å². The Labute approximate surface area is 256 Å². The van der Waals surface area contributed by atoms with Crippen molar-refractivity contribution in [2.24, 2.45) is 0 Å². The Bertz CT molecular complexity index is 1440. The highest BCUT2D eigenvalue weighted by molar-refractivity contribution is 5.52. The summed E-state index contributed by atoms with van der Waals surface area (Å²) in [4.78, 5) is 4.91. The molecule has 0 fully saturated rings. The molecule has 6 rings (SSSR count). The molecule has 0 saturated carbocycles. The fourth-order valence-corrected chi connectivity index (χ4v) is 5.58. The molecule has 2 heteroatoms. The Hall–Kier alpha value is -5.08. The van der Waals surface area contributed by atoms with Crippen molar-refractivity contribution in [2.75, 3.05) is 9.80 Å². The maximum Gasteiger partial charge on any atom is 0.0433 e. The highest BCUT2D eigenvalue weighted by Crippen LogP contribution is 2.25. The molecule has 0 amide bonds. The van der Waals surface area contributed by atoms with Gasteiger partial charge in [0, 0.05) is 37.6 Å². The standard InChI is InChI=1S/C41H38N2/c1-5-13-36(14-6-1)30-42(31-37-15-7-2-8-16-37)40-25-21-34(22-26-40)29-35-23-27-41(28-24-35)43(32-38-17-9-3-10-18-38)33-39-19-11-4-12-20-39/h1-28H,29-33H2. The lowest BCUT2D eigenvalue weighted by atomic mass is 10.0. The Morgan fingerprint density at radius 3 is 0.767 bits per heavy atom. The molecule has 0 N–H and O–H groups in total. The maximum absolute atomic E-state index is 2.46. The fraction of sp³-hybridized carbons (Fsp3) is 0.122. The molecule has 6 aromatic rings. The number of hydrogen-bond donors (Lipinski definition) is 0. The van der Waals surface area contributed by atoms with Crippen LogP contribution in [0.3, 0.4) is 0 Å². The van der Waals surface area contributed by atoms with Crippen molar-refractivity contribution in [1.82, 2.24) is 0 Å². The van der Waals surface area contributed by atoms with Crippen LogP contribution in [-0.4, -0.2) is 0 Å². The van der Waals surface area contributed by atoms with Crippen molar-refractivity contribution in [3.63, 3.8) is 0 Å². The van der Waals surface area contributed by atoms with E-state index in [1.807, 2.05) is 0 Å². The van der Waals surface area contributed by atoms with E-state index >= 15 is 0 Å². The summed E-state index contributed by atoms with van der Waals surface area (Å²) in [6, 6.07) is 61.1. The minimum atomic E-state index is 0.874. The van der Waals surface area contributed by atoms with Gasteiger partial charge in [-0.15, -0.1) is 0 Å². The van der Waals surface area contributed by atoms with Gasteiger partial charge in [-0.2, -0.15) is 0 Å². The smallest absolute Gasteiger partial charge is 0.0433 e. The highest BCUT2D eigenvalue weighted by atomic mass is 15.1. The van der Waals surface area contributed by atoms with Gasteiger partial charge in [-0.05, 0) is 64.1 Å². The van der Waals surface area contributed by atoms with E-state index in [1.54, 1.807) is 0 Å². The summed E-state index contributed by atoms with van der Waals surface area (Å²) >= 11 is 0. The first-order valence-corrected chi connectivity index (χ1v) is 15.1. The second-order valence-corrected chi connectivity index (χ2v) is 11.2. The first kappa shape index (κ1) is 28.1. The molecule has 0 unspecified atom stereocenters. The van der Waals surface area contributed by atoms with Crippen LogP contribution in [0.1, 0.15) is 33.4 Å². The number of benzene rings is 6. The van der Waals surface area contributed by atoms with Gasteiger partial charge in [-0.3, -0.25) is 0 Å². The van der Waals surface area contributed by atoms with E-state index in [-0.39, 0.29) is 0 Å². The number of nitrogens with zero attached hydrogens (tertiary/aromatic N) is 2. The molecule has 0 atom stereocenters. The first-order valence-electron chi connectivity index (χ1n) is 15.1. The third-order valence-electron chi connectivity index (χ3n) is 7.88. The third-order valence-corrected chi connectivity index (χ3v) is 7.88. The van der Waals surface area contributed by atoms with Crippen molar-refractivity contribution in [2.45, 2.75) is 32.6 Å². The summed E-state index contributed by atoms with van der Waals surface area (Å²) in [5.74, 6) is 0. The zero-order chi connectivity index (χ0) is 29.1. The van der Waals surface area contributed by atoms with Gasteiger partial charge >= 0.3 is 0 Å². The van der Waals surface area contributed by atoms with Crippen molar-refractivity contribution in [3.8, 4) is 0 Å². The summed E-state index contributed by atoms with van der Waals surface area (Å²) in [5, 5.41) is 0. The molecule has 0 saturated heterocycles. The molecule has 2 nitrogen and oxygen atoms in total. The van der Waals surface area contributed by atoms with E-state index in [1.165, 1.54) is 44.8 Å². The highest BCUT2D eigenvalue weighted by Gasteiger charge is 2.11. The maximum atomic E-state index is 2.46. The van der Waals surface area contributed by atoms with Crippen LogP contribution in [-0.2, 0) is 32.6 Å². The molecule has 0 heterocycles. The Balaban J connectivity index is 1.16. The van der Waals surface area contributed by atoms with Crippen LogP contribution in [0.5, 0.6) is 0 Å². The summed E-state index contributed by atoms with van der Waals surface area (Å²) in [7, 11) is 0. The average Bonchev–Trinajstić information content (AvgIpc) is 3.07. The van der Waals surface area contributed by atoms with Crippen molar-refractivity contribution >= 4 is 11.4 Å². The lowest BCUT2D eigenvalue weighted by Crippen LogP contribution is -2.22. The second-order valence-electron chi connectivity index (χ2n) is 11.2. The molecular formula is C41H38N2. The average molecular weight is 559 g/mol. The Morgan fingerprint density at radius 2 is 0.512 bits per heavy atom. The van der Waals surface area contributed by atoms with Gasteiger partial charge < -0.3 is 9.80 Å². The number of rotatable bonds is 12. The molecule has 43 heavy (non-hydrogen) atoms. The lowest BCUT2D eigenvalue weighted by Gasteiger charge is -2.26. The third kappa shape index (κ3) is 8.02. The van der Waals surface area contributed by atoms with Crippen molar-refractivity contribution < 1.29 is 0 Å². The zero-order valence-electron chi connectivity index (χ0n) is 24.6. The van der Waals surface area contributed by atoms with Gasteiger partial charge in [0.1, 0.15) is 0 Å². The van der Waals surface area contributed by atoms with E-state index in [4.69, 9.17) is 0 Å². The SMILES string of the molecule is c1ccc(CN(Cc2ccccc2)c2ccc(Cc3ccc(N(Cc4ccccc4)Cc4ccccc4)cc3)cc2)cc1. The summed E-state index contributed by atoms with van der Waals surface area (Å²) in [6.07, 6.45) is 0.912. The molecule has 6 aromatic carbocycles. The Kier molecular flexibility index (Phi) is 9.27. The van der Waals surface area contributed by atoms with Crippen molar-refractivity contribution in [3.05, 3.63) is 203 Å². The van der Waals surface area contributed by atoms with E-state index in [0.717, 1.165) is 32.6 Å². The van der Waals surface area contributed by atoms with E-state index in [9.17, 15) is 0 Å². The van der Waals surface area contributed by atoms with E-state index < -0.39 is 0 Å². The minimum absolute atomic E-state index is 0.874. The normalized spacial score (nSPS) is 10.8. The second kappa shape index (κ2) is 14.2. The quantitative estimate of drug-likeness (QED) is 0.148. The van der Waals surface area contributed by atoms with Crippen LogP contribution in [0.4, 0.5) is 11.4 Å². The Morgan fingerprint density at radius 1 is 0.256 bits per heavy atom. The lowest BCUT2D eigenvalue weighted by molar-refractivity contribution is 0.799. The van der Waals surface area contributed by atoms with E-state index in [0.29, 0.717) is 0 Å². The molecule has 0 aliphatic carbocycles.